The van der Waals surface area contributed by atoms with Crippen LogP contribution in [0.1, 0.15) is 0 Å². The molecule has 0 aliphatic rings. The molecular weight excluding hydrogens is 221 g/mol. The fourth-order valence-corrected chi connectivity index (χ4v) is 1.10. The first kappa shape index (κ1) is 11.2. The van der Waals surface area contributed by atoms with Crippen molar-refractivity contribution in [2.45, 2.75) is 19.0 Å². The van der Waals surface area contributed by atoms with Crippen molar-refractivity contribution in [3.63, 3.8) is 0 Å². The first-order valence-electron chi connectivity index (χ1n) is 3.62. The van der Waals surface area contributed by atoms with Gasteiger partial charge in [0.05, 0.1) is 0 Å². The van der Waals surface area contributed by atoms with E-state index in [2.05, 4.69) is 9.48 Å². The molecule has 1 heterocycles. The minimum absolute atomic E-state index is 0.190. The summed E-state index contributed by atoms with van der Waals surface area (Å²) in [5.74, 6) is 1.44. The first-order chi connectivity index (χ1) is 6.61. The monoisotopic (exact) mass is 227 g/mol. The number of nitrogens with zero attached hydrogens (tertiary/aromatic N) is 1. The van der Waals surface area contributed by atoms with Crippen molar-refractivity contribution >= 4 is 8.35 Å². The Morgan fingerprint density at radius 2 is 2.00 bits per heavy atom. The average Bonchev–Trinajstić information content (AvgIpc) is 2.18. The molecule has 1 rings (SSSR count). The van der Waals surface area contributed by atoms with Crippen LogP contribution >= 0.6 is 8.35 Å². The molecule has 1 aromatic rings. The first-order valence-corrected chi connectivity index (χ1v) is 4.53. The summed E-state index contributed by atoms with van der Waals surface area (Å²) in [6, 6.07) is 2.77. The third kappa shape index (κ3) is 3.10. The number of hydrogen-bond acceptors (Lipinski definition) is 2. The van der Waals surface area contributed by atoms with E-state index in [9.17, 15) is 17.6 Å². The summed E-state index contributed by atoms with van der Waals surface area (Å²) in [6.45, 7) is 0. The van der Waals surface area contributed by atoms with Gasteiger partial charge in [-0.2, -0.15) is 9.14 Å². The second-order valence-corrected chi connectivity index (χ2v) is 3.04. The summed E-state index contributed by atoms with van der Waals surface area (Å²) >= 11 is 0. The topological polar surface area (TPSA) is 22.1 Å². The Morgan fingerprint density at radius 3 is 2.50 bits per heavy atom. The lowest BCUT2D eigenvalue weighted by Gasteiger charge is -2.13. The SMILES string of the molecule is FC(F)C(F)C(F)Oc1cccpn1. The molecule has 7 heteroatoms. The maximum Gasteiger partial charge on any atom is 0.276 e. The Hall–Kier alpha value is -0.900. The molecule has 78 valence electrons. The highest BCUT2D eigenvalue weighted by Gasteiger charge is 2.31. The van der Waals surface area contributed by atoms with Crippen LogP contribution < -0.4 is 4.74 Å². The molecule has 1 aromatic heterocycles. The smallest absolute Gasteiger partial charge is 0.276 e. The van der Waals surface area contributed by atoms with Crippen LogP contribution in [-0.2, 0) is 0 Å². The number of halogens is 4. The van der Waals surface area contributed by atoms with E-state index in [0.717, 1.165) is 0 Å². The molecular formula is C7H6F4NOP. The Morgan fingerprint density at radius 1 is 1.29 bits per heavy atom. The highest BCUT2D eigenvalue weighted by Crippen LogP contribution is 2.18. The summed E-state index contributed by atoms with van der Waals surface area (Å²) in [5, 5.41) is 0. The maximum atomic E-state index is 12.6. The molecule has 0 N–H and O–H groups in total. The zero-order valence-corrected chi connectivity index (χ0v) is 7.67. The molecule has 0 saturated carbocycles. The van der Waals surface area contributed by atoms with Crippen molar-refractivity contribution in [1.82, 2.24) is 4.75 Å². The van der Waals surface area contributed by atoms with Crippen LogP contribution in [0.3, 0.4) is 0 Å². The van der Waals surface area contributed by atoms with Crippen LogP contribution in [-0.4, -0.2) is 23.7 Å². The molecule has 2 nitrogen and oxygen atoms in total. The molecule has 0 amide bonds. The molecule has 0 saturated heterocycles. The van der Waals surface area contributed by atoms with E-state index in [-0.39, 0.29) is 5.88 Å². The van der Waals surface area contributed by atoms with E-state index in [1.165, 1.54) is 12.1 Å². The number of aromatic nitrogens is 1. The van der Waals surface area contributed by atoms with Crippen LogP contribution in [0.2, 0.25) is 0 Å². The minimum Gasteiger partial charge on any atom is -0.440 e. The van der Waals surface area contributed by atoms with E-state index in [1.54, 1.807) is 5.80 Å². The molecule has 0 spiro atoms. The number of ether oxygens (including phenoxy) is 1. The zero-order chi connectivity index (χ0) is 10.6. The van der Waals surface area contributed by atoms with Gasteiger partial charge in [-0.1, -0.05) is 6.07 Å². The summed E-state index contributed by atoms with van der Waals surface area (Å²) in [6.07, 6.45) is -9.04. The number of hydrogen-bond donors (Lipinski definition) is 0. The van der Waals surface area contributed by atoms with Crippen LogP contribution in [0.4, 0.5) is 17.6 Å². The molecule has 0 bridgehead atoms. The zero-order valence-electron chi connectivity index (χ0n) is 6.78. The van der Waals surface area contributed by atoms with Gasteiger partial charge in [-0.05, 0) is 5.80 Å². The molecule has 2 unspecified atom stereocenters. The number of rotatable bonds is 4. The summed E-state index contributed by atoms with van der Waals surface area (Å²) in [7, 11) is 0.492. The Bertz CT molecular complexity index is 274. The highest BCUT2D eigenvalue weighted by atomic mass is 31.0. The lowest BCUT2D eigenvalue weighted by molar-refractivity contribution is -0.0764. The van der Waals surface area contributed by atoms with Crippen molar-refractivity contribution in [3.8, 4) is 5.88 Å². The molecule has 14 heavy (non-hydrogen) atoms. The lowest BCUT2D eigenvalue weighted by atomic mass is 10.4. The minimum atomic E-state index is -3.40. The van der Waals surface area contributed by atoms with Gasteiger partial charge < -0.3 is 4.74 Å². The van der Waals surface area contributed by atoms with E-state index in [1.807, 2.05) is 0 Å². The van der Waals surface area contributed by atoms with Crippen LogP contribution in [0.15, 0.2) is 17.9 Å². The van der Waals surface area contributed by atoms with Crippen molar-refractivity contribution in [2.75, 3.05) is 0 Å². The van der Waals surface area contributed by atoms with Crippen molar-refractivity contribution in [1.29, 1.82) is 0 Å². The van der Waals surface area contributed by atoms with Gasteiger partial charge in [0.1, 0.15) is 0 Å². The Labute approximate surface area is 79.1 Å². The summed E-state index contributed by atoms with van der Waals surface area (Å²) < 4.78 is 56.1. The van der Waals surface area contributed by atoms with Gasteiger partial charge in [-0.15, -0.1) is 0 Å². The van der Waals surface area contributed by atoms with E-state index >= 15 is 0 Å². The van der Waals surface area contributed by atoms with Gasteiger partial charge >= 0.3 is 0 Å². The summed E-state index contributed by atoms with van der Waals surface area (Å²) in [5.41, 5.74) is 0. The number of alkyl halides is 4. The predicted molar refractivity (Wildman–Crippen MR) is 43.2 cm³/mol. The van der Waals surface area contributed by atoms with Gasteiger partial charge in [0.15, 0.2) is 0 Å². The van der Waals surface area contributed by atoms with E-state index in [4.69, 9.17) is 0 Å². The average molecular weight is 227 g/mol. The third-order valence-electron chi connectivity index (χ3n) is 1.27. The maximum absolute atomic E-state index is 12.6. The predicted octanol–water partition coefficient (Wildman–Crippen LogP) is 2.94. The Balaban J connectivity index is 2.53. The van der Waals surface area contributed by atoms with Gasteiger partial charge in [-0.25, -0.2) is 13.2 Å². The quantitative estimate of drug-likeness (QED) is 0.737. The highest BCUT2D eigenvalue weighted by molar-refractivity contribution is 7.24. The van der Waals surface area contributed by atoms with E-state index in [0.29, 0.717) is 8.35 Å². The standard InChI is InChI=1S/C7H6F4NOP/c8-5(6(9)10)7(11)13-4-2-1-3-14-12-4/h1-3,5-7H. The van der Waals surface area contributed by atoms with Gasteiger partial charge in [0.2, 0.25) is 12.1 Å². The third-order valence-corrected chi connectivity index (χ3v) is 1.89. The molecule has 0 aromatic carbocycles. The van der Waals surface area contributed by atoms with Crippen LogP contribution in [0.5, 0.6) is 5.88 Å². The second kappa shape index (κ2) is 5.10. The fourth-order valence-electron chi connectivity index (χ4n) is 0.645. The van der Waals surface area contributed by atoms with E-state index < -0.39 is 19.0 Å². The summed E-state index contributed by atoms with van der Waals surface area (Å²) in [4.78, 5) is 0. The van der Waals surface area contributed by atoms with Crippen LogP contribution in [0, 0.1) is 0 Å². The van der Waals surface area contributed by atoms with Crippen molar-refractivity contribution < 1.29 is 22.3 Å². The van der Waals surface area contributed by atoms with Gasteiger partial charge in [-0.3, -0.25) is 0 Å². The lowest BCUT2D eigenvalue weighted by Crippen LogP contribution is -2.30. The van der Waals surface area contributed by atoms with Crippen molar-refractivity contribution in [2.24, 2.45) is 0 Å². The fraction of sp³-hybridized carbons (Fsp3) is 0.429. The molecule has 2 atom stereocenters. The van der Waals surface area contributed by atoms with Gasteiger partial charge in [0.25, 0.3) is 12.8 Å². The molecule has 0 aliphatic heterocycles. The molecule has 0 radical (unpaired) electrons. The molecule has 0 aliphatic carbocycles. The second-order valence-electron chi connectivity index (χ2n) is 2.31. The Kier molecular flexibility index (Phi) is 4.07. The largest absolute Gasteiger partial charge is 0.440 e. The molecule has 0 fully saturated rings. The van der Waals surface area contributed by atoms with Crippen LogP contribution in [0.25, 0.3) is 0 Å². The van der Waals surface area contributed by atoms with Crippen molar-refractivity contribution in [3.05, 3.63) is 17.9 Å². The van der Waals surface area contributed by atoms with Gasteiger partial charge in [0, 0.05) is 14.4 Å². The normalized spacial score (nSPS) is 15.8.